The van der Waals surface area contributed by atoms with Gasteiger partial charge in [0.2, 0.25) is 0 Å². The van der Waals surface area contributed by atoms with Crippen molar-refractivity contribution >= 4 is 55.0 Å². The minimum Gasteiger partial charge on any atom is -0.309 e. The van der Waals surface area contributed by atoms with Gasteiger partial charge in [-0.3, -0.25) is 10.1 Å². The van der Waals surface area contributed by atoms with E-state index in [4.69, 9.17) is 5.41 Å². The van der Waals surface area contributed by atoms with Gasteiger partial charge >= 0.3 is 0 Å². The third-order valence-electron chi connectivity index (χ3n) is 7.97. The summed E-state index contributed by atoms with van der Waals surface area (Å²) in [5.41, 5.74) is 12.7. The van der Waals surface area contributed by atoms with Crippen LogP contribution in [0.25, 0.3) is 55.0 Å². The summed E-state index contributed by atoms with van der Waals surface area (Å²) in [6.07, 6.45) is 7.77. The fraction of sp³-hybridized carbons (Fsp3) is 0. The Balaban J connectivity index is 1.51. The Morgan fingerprint density at radius 3 is 2.00 bits per heavy atom. The molecule has 7 aromatic rings. The molecule has 2 heterocycles. The molecule has 1 aliphatic carbocycles. The summed E-state index contributed by atoms with van der Waals surface area (Å²) in [6, 6.07) is 42.6. The molecule has 0 fully saturated rings. The molecule has 0 unspecified atom stereocenters. The zero-order chi connectivity index (χ0) is 27.3. The molecule has 4 nitrogen and oxygen atoms in total. The van der Waals surface area contributed by atoms with E-state index in [1.807, 2.05) is 42.5 Å². The summed E-state index contributed by atoms with van der Waals surface area (Å²) in [5, 5.41) is 13.5. The lowest BCUT2D eigenvalue weighted by Crippen LogP contribution is -2.17. The molecule has 0 bridgehead atoms. The first kappa shape index (κ1) is 23.3. The molecule has 0 saturated heterocycles. The van der Waals surface area contributed by atoms with Gasteiger partial charge in [0.1, 0.15) is 0 Å². The van der Waals surface area contributed by atoms with E-state index in [2.05, 4.69) is 118 Å². The summed E-state index contributed by atoms with van der Waals surface area (Å²) in [7, 11) is 0. The lowest BCUT2D eigenvalue weighted by atomic mass is 9.99. The minimum atomic E-state index is 0.477. The lowest BCUT2D eigenvalue weighted by molar-refractivity contribution is 1.07. The first-order chi connectivity index (χ1) is 20.3. The van der Waals surface area contributed by atoms with Crippen LogP contribution in [0, 0.1) is 5.41 Å². The molecule has 1 aliphatic rings. The van der Waals surface area contributed by atoms with Crippen LogP contribution < -0.4 is 5.43 Å². The Morgan fingerprint density at radius 2 is 1.22 bits per heavy atom. The van der Waals surface area contributed by atoms with E-state index >= 15 is 0 Å². The second-order valence-corrected chi connectivity index (χ2v) is 10.3. The highest BCUT2D eigenvalue weighted by molar-refractivity contribution is 6.26. The molecule has 5 aromatic carbocycles. The van der Waals surface area contributed by atoms with Crippen molar-refractivity contribution in [3.8, 4) is 5.69 Å². The zero-order valence-corrected chi connectivity index (χ0v) is 22.3. The number of nitrogens with zero attached hydrogens (tertiary/aromatic N) is 2. The summed E-state index contributed by atoms with van der Waals surface area (Å²) in [6.45, 7) is 0. The van der Waals surface area contributed by atoms with Gasteiger partial charge in [-0.15, -0.1) is 0 Å². The Bertz CT molecular complexity index is 2230. The quantitative estimate of drug-likeness (QED) is 0.236. The van der Waals surface area contributed by atoms with Crippen LogP contribution in [-0.2, 0) is 0 Å². The van der Waals surface area contributed by atoms with Crippen LogP contribution in [0.15, 0.2) is 151 Å². The molecule has 0 aliphatic heterocycles. The average Bonchev–Trinajstić information content (AvgIpc) is 3.54. The highest BCUT2D eigenvalue weighted by Crippen LogP contribution is 2.40. The van der Waals surface area contributed by atoms with Gasteiger partial charge in [-0.05, 0) is 42.5 Å². The molecule has 194 valence electrons. The smallest absolute Gasteiger partial charge is 0.0810 e. The summed E-state index contributed by atoms with van der Waals surface area (Å²) in [5.74, 6) is 0. The van der Waals surface area contributed by atoms with Crippen LogP contribution in [0.5, 0.6) is 0 Å². The fourth-order valence-corrected chi connectivity index (χ4v) is 6.18. The molecular weight excluding hydrogens is 500 g/mol. The molecule has 0 radical (unpaired) electrons. The summed E-state index contributed by atoms with van der Waals surface area (Å²) in [4.78, 5) is 0. The predicted octanol–water partition coefficient (Wildman–Crippen LogP) is 8.99. The Hall–Kier alpha value is -5.61. The monoisotopic (exact) mass is 526 g/mol. The van der Waals surface area contributed by atoms with Gasteiger partial charge in [0.15, 0.2) is 0 Å². The van der Waals surface area contributed by atoms with Crippen molar-refractivity contribution in [2.24, 2.45) is 0 Å². The number of benzene rings is 5. The van der Waals surface area contributed by atoms with Crippen LogP contribution in [0.2, 0.25) is 0 Å². The molecule has 8 rings (SSSR count). The largest absolute Gasteiger partial charge is 0.309 e. The minimum absolute atomic E-state index is 0.477. The summed E-state index contributed by atoms with van der Waals surface area (Å²) < 4.78 is 4.58. The van der Waals surface area contributed by atoms with Gasteiger partial charge in [0.25, 0.3) is 0 Å². The van der Waals surface area contributed by atoms with Crippen molar-refractivity contribution in [2.45, 2.75) is 0 Å². The van der Waals surface area contributed by atoms with Gasteiger partial charge in [-0.1, -0.05) is 103 Å². The third kappa shape index (κ3) is 3.58. The first-order valence-electron chi connectivity index (χ1n) is 13.8. The van der Waals surface area contributed by atoms with Crippen LogP contribution in [0.4, 0.5) is 0 Å². The van der Waals surface area contributed by atoms with Crippen molar-refractivity contribution in [3.05, 3.63) is 157 Å². The third-order valence-corrected chi connectivity index (χ3v) is 7.97. The number of allylic oxidation sites excluding steroid dienone is 5. The van der Waals surface area contributed by atoms with Crippen molar-refractivity contribution in [2.75, 3.05) is 5.43 Å². The molecular formula is C37H26N4. The normalized spacial score (nSPS) is 14.5. The van der Waals surface area contributed by atoms with E-state index in [9.17, 15) is 0 Å². The first-order valence-corrected chi connectivity index (χ1v) is 13.8. The molecule has 0 saturated carbocycles. The van der Waals surface area contributed by atoms with Gasteiger partial charge < -0.3 is 9.98 Å². The Kier molecular flexibility index (Phi) is 5.25. The van der Waals surface area contributed by atoms with E-state index in [-0.39, 0.29) is 0 Å². The molecule has 0 amide bonds. The fourth-order valence-electron chi connectivity index (χ4n) is 6.18. The number of nitrogens with one attached hydrogen (secondary N) is 2. The topological polar surface area (TPSA) is 45.7 Å². The molecule has 0 atom stereocenters. The number of rotatable bonds is 4. The lowest BCUT2D eigenvalue weighted by Gasteiger charge is -2.19. The van der Waals surface area contributed by atoms with Crippen LogP contribution >= 0.6 is 0 Å². The highest BCUT2D eigenvalue weighted by Gasteiger charge is 2.21. The SMILES string of the molecule is N=C1C=CC=C/C1=C(/Nn1c2ccccc2c2ccc3c(c4ccccc4n3-c3ccccc3)c21)c1ccccc1. The Labute approximate surface area is 237 Å². The number of hydrogen-bond acceptors (Lipinski definition) is 2. The second kappa shape index (κ2) is 9.25. The maximum Gasteiger partial charge on any atom is 0.0810 e. The van der Waals surface area contributed by atoms with Crippen molar-refractivity contribution in [1.82, 2.24) is 9.24 Å². The van der Waals surface area contributed by atoms with E-state index in [1.54, 1.807) is 0 Å². The highest BCUT2D eigenvalue weighted by atomic mass is 15.4. The van der Waals surface area contributed by atoms with Gasteiger partial charge in [-0.25, -0.2) is 0 Å². The van der Waals surface area contributed by atoms with Crippen molar-refractivity contribution < 1.29 is 0 Å². The van der Waals surface area contributed by atoms with Gasteiger partial charge in [0.05, 0.1) is 33.5 Å². The number of aromatic nitrogens is 2. The number of para-hydroxylation sites is 3. The Morgan fingerprint density at radius 1 is 0.561 bits per heavy atom. The van der Waals surface area contributed by atoms with Gasteiger partial charge in [-0.2, -0.15) is 0 Å². The molecule has 2 N–H and O–H groups in total. The average molecular weight is 527 g/mol. The second-order valence-electron chi connectivity index (χ2n) is 10.3. The van der Waals surface area contributed by atoms with Crippen molar-refractivity contribution in [3.63, 3.8) is 0 Å². The molecule has 41 heavy (non-hydrogen) atoms. The maximum atomic E-state index is 8.77. The van der Waals surface area contributed by atoms with Crippen LogP contribution in [0.1, 0.15) is 5.56 Å². The standard InChI is InChI=1S/C37H26N4/c38-31-20-10-7-18-29(31)36(25-13-3-1-4-14-25)39-41-33-22-12-8-17-27(33)28-23-24-34-35(37(28)41)30-19-9-11-21-32(30)40(34)26-15-5-2-6-16-26/h1-24,38-39H/b36-29-,38-31?. The van der Waals surface area contributed by atoms with E-state index in [0.717, 1.165) is 39.1 Å². The van der Waals surface area contributed by atoms with Crippen LogP contribution in [-0.4, -0.2) is 15.0 Å². The summed E-state index contributed by atoms with van der Waals surface area (Å²) >= 11 is 0. The molecule has 2 aromatic heterocycles. The van der Waals surface area contributed by atoms with Crippen LogP contribution in [0.3, 0.4) is 0 Å². The predicted molar refractivity (Wildman–Crippen MR) is 173 cm³/mol. The number of fused-ring (bicyclic) bond motifs is 7. The van der Waals surface area contributed by atoms with Gasteiger partial charge in [0, 0.05) is 38.4 Å². The van der Waals surface area contributed by atoms with Crippen molar-refractivity contribution in [1.29, 1.82) is 5.41 Å². The van der Waals surface area contributed by atoms with E-state index < -0.39 is 0 Å². The van der Waals surface area contributed by atoms with E-state index in [1.165, 1.54) is 27.1 Å². The zero-order valence-electron chi connectivity index (χ0n) is 22.3. The molecule has 0 spiro atoms. The number of hydrogen-bond donors (Lipinski definition) is 2. The molecule has 4 heteroatoms. The van der Waals surface area contributed by atoms with E-state index in [0.29, 0.717) is 5.71 Å². The maximum absolute atomic E-state index is 8.77.